The molecular formula is C10H19NO. The zero-order valence-corrected chi connectivity index (χ0v) is 7.88. The molecule has 70 valence electrons. The van der Waals surface area contributed by atoms with Gasteiger partial charge in [-0.25, -0.2) is 0 Å². The number of carbonyl (C=O) groups is 1. The quantitative estimate of drug-likeness (QED) is 0.461. The van der Waals surface area contributed by atoms with Crippen LogP contribution < -0.4 is 5.73 Å². The molecular weight excluding hydrogens is 150 g/mol. The lowest BCUT2D eigenvalue weighted by Gasteiger charge is -2.08. The summed E-state index contributed by atoms with van der Waals surface area (Å²) >= 11 is 0. The number of carbonyl (C=O) groups excluding carboxylic acids is 1. The number of nitrogens with two attached hydrogens (primary N) is 1. The maximum absolute atomic E-state index is 10.8. The Balaban J connectivity index is 3.44. The van der Waals surface area contributed by atoms with Gasteiger partial charge in [0.2, 0.25) is 5.91 Å². The minimum atomic E-state index is -0.156. The van der Waals surface area contributed by atoms with E-state index in [4.69, 9.17) is 5.73 Å². The van der Waals surface area contributed by atoms with Crippen LogP contribution in [-0.2, 0) is 4.79 Å². The minimum absolute atomic E-state index is 0.0785. The molecule has 1 unspecified atom stereocenters. The van der Waals surface area contributed by atoms with Gasteiger partial charge in [-0.05, 0) is 25.7 Å². The van der Waals surface area contributed by atoms with Gasteiger partial charge in [0.1, 0.15) is 0 Å². The van der Waals surface area contributed by atoms with Crippen LogP contribution in [-0.4, -0.2) is 5.91 Å². The number of primary amides is 1. The monoisotopic (exact) mass is 169 g/mol. The van der Waals surface area contributed by atoms with Crippen molar-refractivity contribution in [3.8, 4) is 0 Å². The molecule has 0 saturated carbocycles. The number of amides is 1. The molecule has 0 spiro atoms. The zero-order chi connectivity index (χ0) is 9.40. The third-order valence-electron chi connectivity index (χ3n) is 2.11. The van der Waals surface area contributed by atoms with Crippen LogP contribution in [0, 0.1) is 5.92 Å². The van der Waals surface area contributed by atoms with Crippen molar-refractivity contribution in [1.29, 1.82) is 0 Å². The van der Waals surface area contributed by atoms with E-state index in [1.54, 1.807) is 0 Å². The summed E-state index contributed by atoms with van der Waals surface area (Å²) < 4.78 is 0. The van der Waals surface area contributed by atoms with Gasteiger partial charge in [0.25, 0.3) is 0 Å². The summed E-state index contributed by atoms with van der Waals surface area (Å²) in [5.41, 5.74) is 5.20. The average molecular weight is 169 g/mol. The van der Waals surface area contributed by atoms with Gasteiger partial charge in [0.05, 0.1) is 0 Å². The van der Waals surface area contributed by atoms with E-state index < -0.39 is 0 Å². The van der Waals surface area contributed by atoms with Crippen LogP contribution in [0.4, 0.5) is 0 Å². The molecule has 0 heterocycles. The van der Waals surface area contributed by atoms with Crippen LogP contribution in [0.25, 0.3) is 0 Å². The van der Waals surface area contributed by atoms with Gasteiger partial charge < -0.3 is 5.73 Å². The fraction of sp³-hybridized carbons (Fsp3) is 0.700. The summed E-state index contributed by atoms with van der Waals surface area (Å²) in [7, 11) is 0. The van der Waals surface area contributed by atoms with Crippen LogP contribution in [0.15, 0.2) is 12.7 Å². The van der Waals surface area contributed by atoms with Crippen molar-refractivity contribution >= 4 is 5.91 Å². The van der Waals surface area contributed by atoms with Crippen LogP contribution in [0.3, 0.4) is 0 Å². The van der Waals surface area contributed by atoms with Crippen molar-refractivity contribution in [2.24, 2.45) is 11.7 Å². The number of unbranched alkanes of at least 4 members (excludes halogenated alkanes) is 2. The third kappa shape index (κ3) is 4.94. The number of hydrogen-bond donors (Lipinski definition) is 1. The second-order valence-electron chi connectivity index (χ2n) is 3.08. The van der Waals surface area contributed by atoms with Gasteiger partial charge in [0.15, 0.2) is 0 Å². The van der Waals surface area contributed by atoms with Crippen LogP contribution in [0.5, 0.6) is 0 Å². The molecule has 1 amide bonds. The molecule has 0 saturated heterocycles. The van der Waals surface area contributed by atoms with Gasteiger partial charge in [-0.2, -0.15) is 0 Å². The predicted octanol–water partition coefficient (Wildman–Crippen LogP) is 2.24. The Kier molecular flexibility index (Phi) is 6.44. The molecule has 0 aliphatic rings. The van der Waals surface area contributed by atoms with Gasteiger partial charge in [0, 0.05) is 5.92 Å². The van der Waals surface area contributed by atoms with Crippen molar-refractivity contribution in [2.45, 2.75) is 39.0 Å². The topological polar surface area (TPSA) is 43.1 Å². The second-order valence-corrected chi connectivity index (χ2v) is 3.08. The van der Waals surface area contributed by atoms with Crippen LogP contribution >= 0.6 is 0 Å². The fourth-order valence-electron chi connectivity index (χ4n) is 1.23. The maximum atomic E-state index is 10.8. The molecule has 2 N–H and O–H groups in total. The number of allylic oxidation sites excluding steroid dienone is 1. The van der Waals surface area contributed by atoms with Crippen molar-refractivity contribution in [2.75, 3.05) is 0 Å². The summed E-state index contributed by atoms with van der Waals surface area (Å²) in [4.78, 5) is 10.8. The van der Waals surface area contributed by atoms with Crippen molar-refractivity contribution < 1.29 is 4.79 Å². The highest BCUT2D eigenvalue weighted by atomic mass is 16.1. The molecule has 0 aromatic carbocycles. The second kappa shape index (κ2) is 6.89. The molecule has 12 heavy (non-hydrogen) atoms. The predicted molar refractivity (Wildman–Crippen MR) is 51.6 cm³/mol. The average Bonchev–Trinajstić information content (AvgIpc) is 2.04. The van der Waals surface area contributed by atoms with Gasteiger partial charge in [-0.1, -0.05) is 19.4 Å². The smallest absolute Gasteiger partial charge is 0.220 e. The van der Waals surface area contributed by atoms with E-state index in [1.165, 1.54) is 0 Å². The molecule has 0 aromatic heterocycles. The molecule has 1 atom stereocenters. The highest BCUT2D eigenvalue weighted by molar-refractivity contribution is 5.76. The molecule has 2 nitrogen and oxygen atoms in total. The van der Waals surface area contributed by atoms with Gasteiger partial charge in [-0.3, -0.25) is 4.79 Å². The highest BCUT2D eigenvalue weighted by Gasteiger charge is 2.11. The van der Waals surface area contributed by atoms with E-state index in [0.29, 0.717) is 0 Å². The van der Waals surface area contributed by atoms with Gasteiger partial charge in [-0.15, -0.1) is 6.58 Å². The van der Waals surface area contributed by atoms with E-state index in [2.05, 4.69) is 6.58 Å². The van der Waals surface area contributed by atoms with E-state index in [1.807, 2.05) is 13.0 Å². The van der Waals surface area contributed by atoms with E-state index in [-0.39, 0.29) is 11.8 Å². The van der Waals surface area contributed by atoms with Gasteiger partial charge >= 0.3 is 0 Å². The van der Waals surface area contributed by atoms with E-state index in [0.717, 1.165) is 32.1 Å². The summed E-state index contributed by atoms with van der Waals surface area (Å²) in [6.07, 6.45) is 6.93. The minimum Gasteiger partial charge on any atom is -0.369 e. The van der Waals surface area contributed by atoms with Crippen molar-refractivity contribution in [3.63, 3.8) is 0 Å². The molecule has 2 heteroatoms. The Morgan fingerprint density at radius 3 is 2.67 bits per heavy atom. The molecule has 0 radical (unpaired) electrons. The van der Waals surface area contributed by atoms with Crippen molar-refractivity contribution in [3.05, 3.63) is 12.7 Å². The summed E-state index contributed by atoms with van der Waals surface area (Å²) in [5.74, 6) is -0.0779. The molecule has 0 bridgehead atoms. The standard InChI is InChI=1S/C10H19NO/c1-3-5-6-7-8-9(4-2)10(11)12/h3,9H,1,4-8H2,2H3,(H2,11,12). The number of rotatable bonds is 7. The first-order chi connectivity index (χ1) is 5.72. The lowest BCUT2D eigenvalue weighted by molar-refractivity contribution is -0.122. The van der Waals surface area contributed by atoms with Crippen molar-refractivity contribution in [1.82, 2.24) is 0 Å². The Labute approximate surface area is 74.8 Å². The summed E-state index contributed by atoms with van der Waals surface area (Å²) in [6, 6.07) is 0. The maximum Gasteiger partial charge on any atom is 0.220 e. The lowest BCUT2D eigenvalue weighted by Crippen LogP contribution is -2.22. The lowest BCUT2D eigenvalue weighted by atomic mass is 9.98. The third-order valence-corrected chi connectivity index (χ3v) is 2.11. The summed E-state index contributed by atoms with van der Waals surface area (Å²) in [6.45, 7) is 5.64. The normalized spacial score (nSPS) is 12.4. The summed E-state index contributed by atoms with van der Waals surface area (Å²) in [5, 5.41) is 0. The van der Waals surface area contributed by atoms with Crippen LogP contribution in [0.1, 0.15) is 39.0 Å². The Morgan fingerprint density at radius 2 is 2.25 bits per heavy atom. The number of hydrogen-bond acceptors (Lipinski definition) is 1. The molecule has 0 aliphatic heterocycles. The molecule has 0 aromatic rings. The Morgan fingerprint density at radius 1 is 1.58 bits per heavy atom. The first-order valence-corrected chi connectivity index (χ1v) is 4.62. The van der Waals surface area contributed by atoms with E-state index >= 15 is 0 Å². The molecule has 0 aliphatic carbocycles. The Bertz CT molecular complexity index is 143. The first-order valence-electron chi connectivity index (χ1n) is 4.62. The first kappa shape index (κ1) is 11.2. The Hall–Kier alpha value is -0.790. The fourth-order valence-corrected chi connectivity index (χ4v) is 1.23. The molecule has 0 rings (SSSR count). The largest absolute Gasteiger partial charge is 0.369 e. The zero-order valence-electron chi connectivity index (χ0n) is 7.88. The SMILES string of the molecule is C=CCCCCC(CC)C(N)=O. The van der Waals surface area contributed by atoms with E-state index in [9.17, 15) is 4.79 Å². The van der Waals surface area contributed by atoms with Crippen LogP contribution in [0.2, 0.25) is 0 Å². The molecule has 0 fully saturated rings. The highest BCUT2D eigenvalue weighted by Crippen LogP contribution is 2.12.